The maximum Gasteiger partial charge on any atom is 0.252 e. The normalized spacial score (nSPS) is 13.9. The van der Waals surface area contributed by atoms with E-state index in [-0.39, 0.29) is 12.1 Å². The van der Waals surface area contributed by atoms with Crippen LogP contribution in [-0.2, 0) is 19.2 Å². The van der Waals surface area contributed by atoms with Crippen LogP contribution in [0.2, 0.25) is 0 Å². The first-order chi connectivity index (χ1) is 49.0. The van der Waals surface area contributed by atoms with Crippen molar-refractivity contribution in [1.82, 2.24) is 9.13 Å². The predicted octanol–water partition coefficient (Wildman–Crippen LogP) is 23.4. The first kappa shape index (κ1) is 56.3. The summed E-state index contributed by atoms with van der Waals surface area (Å²) in [4.78, 5) is 5.17. The highest BCUT2D eigenvalue weighted by atomic mass is 15.2. The Hall–Kier alpha value is -10.9. The molecule has 476 valence electrons. The third kappa shape index (κ3) is 10.6. The molecule has 0 atom stereocenters. The number of aromatic nitrogens is 2. The van der Waals surface area contributed by atoms with Gasteiger partial charge in [0, 0.05) is 83.4 Å². The van der Waals surface area contributed by atoms with Crippen LogP contribution in [0.1, 0.15) is 84.5 Å². The second-order valence-electron chi connectivity index (χ2n) is 30.2. The average Bonchev–Trinajstić information content (AvgIpc) is 0.713. The molecule has 0 saturated heterocycles. The fourth-order valence-electron chi connectivity index (χ4n) is 16.0. The van der Waals surface area contributed by atoms with Gasteiger partial charge in [0.2, 0.25) is 0 Å². The molecule has 0 bridgehead atoms. The lowest BCUT2D eigenvalue weighted by Crippen LogP contribution is -2.61. The SMILES string of the molecule is [2H]C([2H])(c1cc(-c2ccccc2)c(N2c3cc(-n4c5ccccc5c5ccccc54)ccc3B3c4ccc(-n5c6ccccc6c6ccccc65)cc4N(c4c(-c5ccccc5)cc(C([2H])([2H])C(C)(C)C)cc4-c4ccccc4)c4cc(CC(C)(C)C)cc2c43)c(-c2ccccc2)c1)C(C)(C)C. The molecule has 4 heterocycles. The van der Waals surface area contributed by atoms with E-state index < -0.39 is 23.6 Å². The summed E-state index contributed by atoms with van der Waals surface area (Å²) >= 11 is 0. The topological polar surface area (TPSA) is 16.3 Å². The molecule has 0 radical (unpaired) electrons. The van der Waals surface area contributed by atoms with Gasteiger partial charge in [-0.2, -0.15) is 0 Å². The molecule has 2 aromatic heterocycles. The van der Waals surface area contributed by atoms with Crippen LogP contribution in [0.3, 0.4) is 0 Å². The Morgan fingerprint density at radius 1 is 0.296 bits per heavy atom. The van der Waals surface area contributed by atoms with Crippen LogP contribution in [0.4, 0.5) is 34.1 Å². The molecule has 0 saturated carbocycles. The molecular weight excluding hydrogens is 1180 g/mol. The molecule has 2 aliphatic heterocycles. The molecule has 0 N–H and O–H groups in total. The highest BCUT2D eigenvalue weighted by molar-refractivity contribution is 7.00. The van der Waals surface area contributed by atoms with Crippen molar-refractivity contribution in [3.8, 4) is 55.9 Å². The van der Waals surface area contributed by atoms with Gasteiger partial charge in [-0.15, -0.1) is 0 Å². The van der Waals surface area contributed by atoms with Gasteiger partial charge >= 0.3 is 0 Å². The molecule has 15 aromatic rings. The van der Waals surface area contributed by atoms with Gasteiger partial charge < -0.3 is 18.9 Å². The fraction of sp³-hybridized carbons (Fsp3) is 0.161. The molecule has 0 amide bonds. The second-order valence-corrected chi connectivity index (χ2v) is 30.2. The number of anilines is 6. The van der Waals surface area contributed by atoms with E-state index in [0.717, 1.165) is 140 Å². The molecule has 0 fully saturated rings. The van der Waals surface area contributed by atoms with Gasteiger partial charge in [-0.05, 0) is 176 Å². The number of benzene rings is 13. The lowest BCUT2D eigenvalue weighted by molar-refractivity contribution is 0.411. The van der Waals surface area contributed by atoms with Crippen LogP contribution in [0, 0.1) is 16.2 Å². The van der Waals surface area contributed by atoms with Crippen LogP contribution < -0.4 is 26.2 Å². The van der Waals surface area contributed by atoms with Crippen molar-refractivity contribution < 1.29 is 5.48 Å². The molecule has 5 heteroatoms. The number of para-hydroxylation sites is 4. The van der Waals surface area contributed by atoms with Crippen LogP contribution in [-0.4, -0.2) is 15.8 Å². The van der Waals surface area contributed by atoms with Gasteiger partial charge in [-0.3, -0.25) is 0 Å². The third-order valence-electron chi connectivity index (χ3n) is 19.6. The number of hydrogen-bond acceptors (Lipinski definition) is 2. The van der Waals surface area contributed by atoms with E-state index in [4.69, 9.17) is 0 Å². The van der Waals surface area contributed by atoms with Crippen molar-refractivity contribution in [2.75, 3.05) is 9.80 Å². The maximum absolute atomic E-state index is 10.2. The molecule has 17 rings (SSSR count). The lowest BCUT2D eigenvalue weighted by atomic mass is 9.33. The summed E-state index contributed by atoms with van der Waals surface area (Å²) in [6.45, 7) is 18.7. The van der Waals surface area contributed by atoms with Gasteiger partial charge in [0.1, 0.15) is 0 Å². The minimum absolute atomic E-state index is 0.183. The molecule has 0 spiro atoms. The first-order valence-electron chi connectivity index (χ1n) is 36.6. The van der Waals surface area contributed by atoms with E-state index in [1.807, 2.05) is 41.5 Å². The van der Waals surface area contributed by atoms with Crippen molar-refractivity contribution in [3.05, 3.63) is 308 Å². The fourth-order valence-corrected chi connectivity index (χ4v) is 16.0. The summed E-state index contributed by atoms with van der Waals surface area (Å²) in [5, 5.41) is 4.72. The monoisotopic (exact) mass is 1270 g/mol. The molecule has 98 heavy (non-hydrogen) atoms. The first-order valence-corrected chi connectivity index (χ1v) is 34.6. The average molecular weight is 1270 g/mol. The van der Waals surface area contributed by atoms with E-state index >= 15 is 0 Å². The highest BCUT2D eigenvalue weighted by Crippen LogP contribution is 2.55. The number of hydrogen-bond donors (Lipinski definition) is 0. The van der Waals surface area contributed by atoms with Crippen molar-refractivity contribution in [2.24, 2.45) is 16.2 Å². The summed E-state index contributed by atoms with van der Waals surface area (Å²) in [5.74, 6) is 0. The second kappa shape index (κ2) is 23.5. The Morgan fingerprint density at radius 3 is 0.888 bits per heavy atom. The zero-order chi connectivity index (χ0) is 70.4. The lowest BCUT2D eigenvalue weighted by Gasteiger charge is -2.46. The summed E-state index contributed by atoms with van der Waals surface area (Å²) < 4.78 is 45.7. The van der Waals surface area contributed by atoms with Crippen LogP contribution in [0.15, 0.2) is 291 Å². The molecular formula is C93H81BN4. The third-order valence-corrected chi connectivity index (χ3v) is 19.6. The molecule has 4 nitrogen and oxygen atoms in total. The Labute approximate surface area is 583 Å². The van der Waals surface area contributed by atoms with E-state index in [9.17, 15) is 5.48 Å². The summed E-state index contributed by atoms with van der Waals surface area (Å²) in [7, 11) is 0. The molecule has 2 aliphatic rings. The largest absolute Gasteiger partial charge is 0.310 e. The number of rotatable bonds is 11. The summed E-state index contributed by atoms with van der Waals surface area (Å²) in [6.07, 6.45) is -2.81. The molecule has 13 aromatic carbocycles. The minimum atomic E-state index is -1.77. The minimum Gasteiger partial charge on any atom is -0.310 e. The Kier molecular flexibility index (Phi) is 13.5. The van der Waals surface area contributed by atoms with E-state index in [2.05, 4.69) is 331 Å². The van der Waals surface area contributed by atoms with Crippen molar-refractivity contribution in [2.45, 2.75) is 81.5 Å². The van der Waals surface area contributed by atoms with Gasteiger partial charge in [0.05, 0.1) is 33.4 Å². The quantitative estimate of drug-likeness (QED) is 0.120. The zero-order valence-electron chi connectivity index (χ0n) is 61.3. The van der Waals surface area contributed by atoms with E-state index in [1.54, 1.807) is 0 Å². The summed E-state index contributed by atoms with van der Waals surface area (Å²) in [6, 6.07) is 106. The van der Waals surface area contributed by atoms with Crippen molar-refractivity contribution in [1.29, 1.82) is 0 Å². The number of nitrogens with zero attached hydrogens (tertiary/aromatic N) is 4. The van der Waals surface area contributed by atoms with Gasteiger partial charge in [-0.25, -0.2) is 0 Å². The Morgan fingerprint density at radius 2 is 0.592 bits per heavy atom. The molecule has 0 unspecified atom stereocenters. The Balaban J connectivity index is 1.08. The van der Waals surface area contributed by atoms with Crippen LogP contribution in [0.25, 0.3) is 99.5 Å². The van der Waals surface area contributed by atoms with E-state index in [0.29, 0.717) is 11.1 Å². The van der Waals surface area contributed by atoms with Crippen molar-refractivity contribution >= 4 is 101 Å². The summed E-state index contributed by atoms with van der Waals surface area (Å²) in [5.41, 5.74) is 24.0. The smallest absolute Gasteiger partial charge is 0.252 e. The van der Waals surface area contributed by atoms with Crippen LogP contribution in [0.5, 0.6) is 0 Å². The maximum atomic E-state index is 10.2. The van der Waals surface area contributed by atoms with E-state index in [1.165, 1.54) is 21.5 Å². The van der Waals surface area contributed by atoms with Crippen LogP contribution >= 0.6 is 0 Å². The standard InChI is InChI=1S/C93H81BN4/c1-91(2,3)58-61-50-74(64-30-14-10-15-31-64)89(75(51-61)65-32-16-11-17-33-65)97-84-56-68(95-80-42-26-22-38-70(80)71-39-23-27-43-81(71)95)46-48-78(84)94-79-49-47-69(96-82-44-28-24-40-72(82)73-41-25-29-45-83(73)96)57-85(79)98(87-55-63(60-93(7,8)9)54-86(97)88(87)94)90-76(66-34-18-12-19-35-66)52-62(59-92(4,5)6)53-77(90)67-36-20-13-21-37-67/h10-57H,58-60H2,1-9H3/i58D2,59D2. The Bertz CT molecular complexity index is 5240. The van der Waals surface area contributed by atoms with Gasteiger partial charge in [0.15, 0.2) is 0 Å². The van der Waals surface area contributed by atoms with Gasteiger partial charge in [-0.1, -0.05) is 269 Å². The molecule has 0 aliphatic carbocycles. The zero-order valence-corrected chi connectivity index (χ0v) is 57.3. The van der Waals surface area contributed by atoms with Gasteiger partial charge in [0.25, 0.3) is 6.71 Å². The number of fused-ring (bicyclic) bond motifs is 10. The van der Waals surface area contributed by atoms with Crippen molar-refractivity contribution in [3.63, 3.8) is 0 Å². The predicted molar refractivity (Wildman–Crippen MR) is 420 cm³/mol. The highest BCUT2D eigenvalue weighted by Gasteiger charge is 2.46.